The Morgan fingerprint density at radius 3 is 2.56 bits per heavy atom. The number of nitro benzene ring substituents is 1. The van der Waals surface area contributed by atoms with Crippen molar-refractivity contribution in [3.05, 3.63) is 112 Å². The molecule has 252 valence electrons. The van der Waals surface area contributed by atoms with E-state index < -0.39 is 22.3 Å². The first-order valence-electron chi connectivity index (χ1n) is 16.1. The predicted octanol–water partition coefficient (Wildman–Crippen LogP) is 3.87. The number of anilines is 2. The van der Waals surface area contributed by atoms with Crippen molar-refractivity contribution >= 4 is 34.8 Å². The van der Waals surface area contributed by atoms with Crippen LogP contribution < -0.4 is 15.5 Å². The summed E-state index contributed by atoms with van der Waals surface area (Å²) in [5, 5.41) is 39.4. The van der Waals surface area contributed by atoms with Crippen LogP contribution in [0.1, 0.15) is 42.9 Å². The molecule has 12 nitrogen and oxygen atoms in total. The Kier molecular flexibility index (Phi) is 11.0. The van der Waals surface area contributed by atoms with Gasteiger partial charge in [-0.05, 0) is 48.7 Å². The number of aliphatic hydroxyl groups excluding tert-OH is 1. The molecular weight excluding hydrogens is 614 g/mol. The Labute approximate surface area is 279 Å². The van der Waals surface area contributed by atoms with Crippen molar-refractivity contribution in [1.82, 2.24) is 10.2 Å². The average Bonchev–Trinajstić information content (AvgIpc) is 3.31. The van der Waals surface area contributed by atoms with Gasteiger partial charge in [0.25, 0.3) is 11.6 Å². The Balaban J connectivity index is 1.31. The highest BCUT2D eigenvalue weighted by molar-refractivity contribution is 6.07. The number of carbonyl (C=O) groups is 3. The minimum atomic E-state index is -2.13. The number of hydrogen-bond donors (Lipinski definition) is 4. The second-order valence-corrected chi connectivity index (χ2v) is 12.3. The second kappa shape index (κ2) is 15.3. The Morgan fingerprint density at radius 2 is 1.90 bits per heavy atom. The molecular formula is C36H41N5O7. The van der Waals surface area contributed by atoms with Gasteiger partial charge in [0.05, 0.1) is 29.7 Å². The molecule has 0 aliphatic carbocycles. The van der Waals surface area contributed by atoms with Gasteiger partial charge >= 0.3 is 0 Å². The minimum absolute atomic E-state index is 0.0346. The molecule has 0 bridgehead atoms. The zero-order chi connectivity index (χ0) is 34.3. The van der Waals surface area contributed by atoms with Gasteiger partial charge in [0.15, 0.2) is 5.60 Å². The molecule has 1 fully saturated rings. The van der Waals surface area contributed by atoms with E-state index in [1.807, 2.05) is 30.3 Å². The van der Waals surface area contributed by atoms with Crippen LogP contribution in [0.2, 0.25) is 0 Å². The van der Waals surface area contributed by atoms with Crippen molar-refractivity contribution in [2.45, 2.75) is 44.9 Å². The van der Waals surface area contributed by atoms with Crippen LogP contribution in [0.25, 0.3) is 0 Å². The summed E-state index contributed by atoms with van der Waals surface area (Å²) >= 11 is 0. The maximum absolute atomic E-state index is 14.0. The number of nitro groups is 1. The van der Waals surface area contributed by atoms with Crippen molar-refractivity contribution in [1.29, 1.82) is 0 Å². The summed E-state index contributed by atoms with van der Waals surface area (Å²) in [5.74, 6) is -1.88. The molecule has 48 heavy (non-hydrogen) atoms. The number of aliphatic hydroxyl groups is 2. The molecule has 2 aliphatic rings. The average molecular weight is 656 g/mol. The Hall–Kier alpha value is -4.91. The smallest absolute Gasteiger partial charge is 0.269 e. The zero-order valence-corrected chi connectivity index (χ0v) is 26.9. The molecule has 1 unspecified atom stereocenters. The number of amides is 3. The van der Waals surface area contributed by atoms with E-state index in [0.717, 1.165) is 30.5 Å². The van der Waals surface area contributed by atoms with Crippen molar-refractivity contribution in [2.24, 2.45) is 11.8 Å². The van der Waals surface area contributed by atoms with E-state index in [9.17, 15) is 34.7 Å². The number of fused-ring (bicyclic) bond motifs is 1. The molecule has 1 saturated heterocycles. The summed E-state index contributed by atoms with van der Waals surface area (Å²) in [6.07, 6.45) is 4.88. The summed E-state index contributed by atoms with van der Waals surface area (Å²) in [6, 6.07) is 20.5. The molecule has 0 saturated carbocycles. The van der Waals surface area contributed by atoms with Crippen LogP contribution >= 0.6 is 0 Å². The maximum Gasteiger partial charge on any atom is 0.269 e. The lowest BCUT2D eigenvalue weighted by molar-refractivity contribution is -0.385. The predicted molar refractivity (Wildman–Crippen MR) is 181 cm³/mol. The van der Waals surface area contributed by atoms with Crippen LogP contribution in [0.5, 0.6) is 0 Å². The summed E-state index contributed by atoms with van der Waals surface area (Å²) in [7, 11) is 0. The van der Waals surface area contributed by atoms with Crippen LogP contribution in [0.4, 0.5) is 17.1 Å². The topological polar surface area (TPSA) is 165 Å². The molecule has 0 spiro atoms. The van der Waals surface area contributed by atoms with Gasteiger partial charge in [-0.25, -0.2) is 0 Å². The summed E-state index contributed by atoms with van der Waals surface area (Å²) in [4.78, 5) is 53.7. The van der Waals surface area contributed by atoms with Gasteiger partial charge in [-0.3, -0.25) is 24.5 Å². The minimum Gasteiger partial charge on any atom is -0.395 e. The van der Waals surface area contributed by atoms with Crippen molar-refractivity contribution < 1.29 is 29.5 Å². The van der Waals surface area contributed by atoms with Crippen LogP contribution in [-0.4, -0.2) is 64.0 Å². The number of carbonyl (C=O) groups excluding carboxylic acids is 3. The summed E-state index contributed by atoms with van der Waals surface area (Å²) < 4.78 is 0. The fraction of sp³-hybridized carbons (Fsp3) is 0.361. The van der Waals surface area contributed by atoms with E-state index in [1.54, 1.807) is 43.3 Å². The fourth-order valence-corrected chi connectivity index (χ4v) is 6.26. The SMILES string of the molecule is C[C@H](/C=C/CC(=O)N(CCO)Cc1ccccc1)[C@@]1(O)C(=O)N(Cc2ccc(NC(=O)C3CCCNC3)cc2)c2ccc([N+](=O)[O-])cc21. The quantitative estimate of drug-likeness (QED) is 0.122. The van der Waals surface area contributed by atoms with E-state index in [0.29, 0.717) is 24.5 Å². The van der Waals surface area contributed by atoms with E-state index in [-0.39, 0.29) is 55.1 Å². The Morgan fingerprint density at radius 1 is 1.15 bits per heavy atom. The highest BCUT2D eigenvalue weighted by Gasteiger charge is 2.53. The van der Waals surface area contributed by atoms with E-state index in [1.165, 1.54) is 28.0 Å². The molecule has 0 aromatic heterocycles. The van der Waals surface area contributed by atoms with Crippen molar-refractivity contribution in [3.8, 4) is 0 Å². The number of hydrogen-bond acceptors (Lipinski definition) is 8. The molecule has 2 heterocycles. The lowest BCUT2D eigenvalue weighted by Crippen LogP contribution is -2.44. The molecule has 0 radical (unpaired) electrons. The van der Waals surface area contributed by atoms with Gasteiger partial charge in [-0.1, -0.05) is 61.5 Å². The Bertz CT molecular complexity index is 1660. The molecule has 3 aromatic carbocycles. The van der Waals surface area contributed by atoms with Crippen LogP contribution in [0.3, 0.4) is 0 Å². The molecule has 3 aromatic rings. The number of nitrogens with one attached hydrogen (secondary N) is 2. The lowest BCUT2D eigenvalue weighted by Gasteiger charge is -2.28. The summed E-state index contributed by atoms with van der Waals surface area (Å²) in [5.41, 5.74) is 0.344. The number of rotatable bonds is 13. The standard InChI is InChI=1S/C36H41N5O7/c1-25(7-5-11-33(43)39(19-20-42)23-26-8-3-2-4-9-26)36(46)31-21-30(41(47)48)16-17-32(31)40(35(36)45)24-27-12-14-29(15-13-27)38-34(44)28-10-6-18-37-22-28/h2-5,7-9,12-17,21,25,28,37,42,46H,6,10-11,18-20,22-24H2,1H3,(H,38,44)/b7-5+/t25-,28?,36+/m1/s1. The van der Waals surface area contributed by atoms with Gasteiger partial charge in [-0.15, -0.1) is 0 Å². The van der Waals surface area contributed by atoms with Crippen LogP contribution in [0, 0.1) is 22.0 Å². The zero-order valence-electron chi connectivity index (χ0n) is 26.9. The van der Waals surface area contributed by atoms with E-state index >= 15 is 0 Å². The van der Waals surface area contributed by atoms with Gasteiger partial charge in [0, 0.05) is 55.4 Å². The molecule has 12 heteroatoms. The fourth-order valence-electron chi connectivity index (χ4n) is 6.26. The van der Waals surface area contributed by atoms with Crippen molar-refractivity contribution in [2.75, 3.05) is 36.5 Å². The van der Waals surface area contributed by atoms with Crippen molar-refractivity contribution in [3.63, 3.8) is 0 Å². The molecule has 3 atom stereocenters. The highest BCUT2D eigenvalue weighted by Crippen LogP contribution is 2.47. The largest absolute Gasteiger partial charge is 0.395 e. The highest BCUT2D eigenvalue weighted by atomic mass is 16.6. The summed E-state index contributed by atoms with van der Waals surface area (Å²) in [6.45, 7) is 3.53. The van der Waals surface area contributed by atoms with Crippen LogP contribution in [-0.2, 0) is 33.1 Å². The normalized spacial score (nSPS) is 19.6. The third-order valence-corrected chi connectivity index (χ3v) is 9.01. The first-order chi connectivity index (χ1) is 23.1. The third-order valence-electron chi connectivity index (χ3n) is 9.01. The first kappa shape index (κ1) is 34.4. The number of piperidine rings is 1. The van der Waals surface area contributed by atoms with Gasteiger partial charge in [-0.2, -0.15) is 0 Å². The van der Waals surface area contributed by atoms with Gasteiger partial charge in [0.1, 0.15) is 0 Å². The van der Waals surface area contributed by atoms with Crippen LogP contribution in [0.15, 0.2) is 84.9 Å². The molecule has 4 N–H and O–H groups in total. The number of benzene rings is 3. The van der Waals surface area contributed by atoms with E-state index in [2.05, 4.69) is 10.6 Å². The number of nitrogens with zero attached hydrogens (tertiary/aromatic N) is 3. The van der Waals surface area contributed by atoms with Gasteiger partial charge < -0.3 is 30.6 Å². The number of non-ortho nitro benzene ring substituents is 1. The molecule has 5 rings (SSSR count). The molecule has 3 amide bonds. The monoisotopic (exact) mass is 655 g/mol. The first-order valence-corrected chi connectivity index (χ1v) is 16.1. The third kappa shape index (κ3) is 7.62. The second-order valence-electron chi connectivity index (χ2n) is 12.3. The maximum atomic E-state index is 14.0. The van der Waals surface area contributed by atoms with E-state index in [4.69, 9.17) is 0 Å². The molecule has 2 aliphatic heterocycles. The lowest BCUT2D eigenvalue weighted by atomic mass is 9.82. The van der Waals surface area contributed by atoms with Gasteiger partial charge in [0.2, 0.25) is 11.8 Å².